The van der Waals surface area contributed by atoms with Gasteiger partial charge in [-0.05, 0) is 49.2 Å². The fraction of sp³-hybridized carbons (Fsp3) is 0.409. The van der Waals surface area contributed by atoms with Crippen molar-refractivity contribution in [3.8, 4) is 5.75 Å². The molecule has 1 atom stereocenters. The van der Waals surface area contributed by atoms with Gasteiger partial charge in [0.2, 0.25) is 0 Å². The molecule has 0 bridgehead atoms. The maximum absolute atomic E-state index is 12.0. The lowest BCUT2D eigenvalue weighted by molar-refractivity contribution is 0.108. The number of nitrogens with one attached hydrogen (secondary N) is 1. The van der Waals surface area contributed by atoms with Crippen LogP contribution in [-0.4, -0.2) is 38.1 Å². The predicted molar refractivity (Wildman–Crippen MR) is 113 cm³/mol. The van der Waals surface area contributed by atoms with Crippen LogP contribution in [0.5, 0.6) is 5.75 Å². The van der Waals surface area contributed by atoms with E-state index in [1.807, 2.05) is 56.3 Å². The average Bonchev–Trinajstić information content (AvgIpc) is 2.95. The van der Waals surface area contributed by atoms with Crippen LogP contribution in [0.1, 0.15) is 31.1 Å². The van der Waals surface area contributed by atoms with Gasteiger partial charge in [0.25, 0.3) is 0 Å². The minimum absolute atomic E-state index is 0.0645. The second-order valence-electron chi connectivity index (χ2n) is 8.02. The first kappa shape index (κ1) is 21.1. The highest BCUT2D eigenvalue weighted by molar-refractivity contribution is 5.76. The Hall–Kier alpha value is -2.61. The molecule has 3 rings (SSSR count). The number of nitrogens with zero attached hydrogens (tertiary/aromatic N) is 2. The summed E-state index contributed by atoms with van der Waals surface area (Å²) in [4.78, 5) is 12.0. The molecule has 3 N–H and O–H groups in total. The fourth-order valence-corrected chi connectivity index (χ4v) is 3.10. The highest BCUT2D eigenvalue weighted by Crippen LogP contribution is 2.21. The van der Waals surface area contributed by atoms with Gasteiger partial charge in [-0.1, -0.05) is 18.2 Å². The van der Waals surface area contributed by atoms with Crippen molar-refractivity contribution in [2.24, 2.45) is 14.1 Å². The Morgan fingerprint density at radius 3 is 2.38 bits per heavy atom. The molecule has 156 valence electrons. The number of rotatable bonds is 8. The van der Waals surface area contributed by atoms with Crippen molar-refractivity contribution < 1.29 is 14.9 Å². The molecule has 0 radical (unpaired) electrons. The first-order valence-corrected chi connectivity index (χ1v) is 9.63. The minimum atomic E-state index is -0.804. The zero-order chi connectivity index (χ0) is 21.2. The number of hydrogen-bond donors (Lipinski definition) is 3. The Kier molecular flexibility index (Phi) is 6.12. The number of aryl methyl sites for hydroxylation is 2. The zero-order valence-electron chi connectivity index (χ0n) is 17.3. The van der Waals surface area contributed by atoms with Crippen molar-refractivity contribution in [1.82, 2.24) is 14.5 Å². The number of fused-ring (bicyclic) bond motifs is 1. The molecule has 0 saturated carbocycles. The van der Waals surface area contributed by atoms with Gasteiger partial charge in [-0.2, -0.15) is 0 Å². The fourth-order valence-electron chi connectivity index (χ4n) is 3.10. The van der Waals surface area contributed by atoms with Gasteiger partial charge in [-0.3, -0.25) is 9.13 Å². The second-order valence-corrected chi connectivity index (χ2v) is 8.02. The molecular weight excluding hydrogens is 370 g/mol. The summed E-state index contributed by atoms with van der Waals surface area (Å²) >= 11 is 0. The number of benzene rings is 2. The molecule has 0 fully saturated rings. The van der Waals surface area contributed by atoms with Crippen LogP contribution in [0.3, 0.4) is 0 Å². The largest absolute Gasteiger partial charge is 0.491 e. The van der Waals surface area contributed by atoms with Crippen LogP contribution in [-0.2, 0) is 20.6 Å². The average molecular weight is 399 g/mol. The molecule has 3 aromatic rings. The highest BCUT2D eigenvalue weighted by Gasteiger charge is 2.15. The lowest BCUT2D eigenvalue weighted by atomic mass is 10.1. The molecule has 0 aliphatic carbocycles. The third-order valence-electron chi connectivity index (χ3n) is 5.18. The summed E-state index contributed by atoms with van der Waals surface area (Å²) in [6.07, 6.45) is -0.804. The number of imidazole rings is 1. The molecule has 29 heavy (non-hydrogen) atoms. The summed E-state index contributed by atoms with van der Waals surface area (Å²) < 4.78 is 8.88. The molecule has 2 aromatic carbocycles. The molecule has 1 heterocycles. The maximum Gasteiger partial charge on any atom is 0.328 e. The smallest absolute Gasteiger partial charge is 0.328 e. The molecule has 0 aliphatic heterocycles. The molecular formula is C22H29N3O4. The van der Waals surface area contributed by atoms with E-state index in [9.17, 15) is 15.0 Å². The van der Waals surface area contributed by atoms with Crippen molar-refractivity contribution in [1.29, 1.82) is 0 Å². The Morgan fingerprint density at radius 1 is 1.07 bits per heavy atom. The van der Waals surface area contributed by atoms with Gasteiger partial charge in [0.05, 0.1) is 17.6 Å². The number of ether oxygens (including phenoxy) is 1. The van der Waals surface area contributed by atoms with Gasteiger partial charge in [0, 0.05) is 26.2 Å². The van der Waals surface area contributed by atoms with Crippen molar-refractivity contribution in [2.75, 3.05) is 13.2 Å². The summed E-state index contributed by atoms with van der Waals surface area (Å²) in [6.45, 7) is 4.70. The standard InChI is InChI=1S/C22H29N3O4/c1-22(2,14-26)23-12-15-5-8-17(9-6-15)29-13-20(27)16-7-10-18-19(11-16)25(4)21(28)24(18)3/h5-11,20,23,26-27H,12-14H2,1-4H3. The monoisotopic (exact) mass is 399 g/mol. The third-order valence-corrected chi connectivity index (χ3v) is 5.18. The molecule has 0 aliphatic rings. The van der Waals surface area contributed by atoms with E-state index in [4.69, 9.17) is 4.74 Å². The summed E-state index contributed by atoms with van der Waals surface area (Å²) in [5.41, 5.74) is 2.95. The van der Waals surface area contributed by atoms with E-state index in [-0.39, 0.29) is 24.4 Å². The molecule has 0 saturated heterocycles. The van der Waals surface area contributed by atoms with Crippen LogP contribution in [0.2, 0.25) is 0 Å². The zero-order valence-corrected chi connectivity index (χ0v) is 17.3. The first-order chi connectivity index (χ1) is 13.7. The van der Waals surface area contributed by atoms with E-state index in [1.54, 1.807) is 23.2 Å². The van der Waals surface area contributed by atoms with E-state index in [1.165, 1.54) is 0 Å². The molecule has 7 heteroatoms. The van der Waals surface area contributed by atoms with Crippen LogP contribution < -0.4 is 15.7 Å². The van der Waals surface area contributed by atoms with E-state index >= 15 is 0 Å². The van der Waals surface area contributed by atoms with Crippen LogP contribution in [0, 0.1) is 0 Å². The lowest BCUT2D eigenvalue weighted by Crippen LogP contribution is -2.42. The van der Waals surface area contributed by atoms with Crippen molar-refractivity contribution in [3.63, 3.8) is 0 Å². The SMILES string of the molecule is Cn1c(=O)n(C)c2cc(C(O)COc3ccc(CNC(C)(C)CO)cc3)ccc21. The van der Waals surface area contributed by atoms with Gasteiger partial charge in [0.15, 0.2) is 0 Å². The summed E-state index contributed by atoms with van der Waals surface area (Å²) in [6, 6.07) is 13.1. The molecule has 1 unspecified atom stereocenters. The highest BCUT2D eigenvalue weighted by atomic mass is 16.5. The number of aromatic nitrogens is 2. The van der Waals surface area contributed by atoms with Crippen molar-refractivity contribution in [2.45, 2.75) is 32.0 Å². The molecule has 7 nitrogen and oxygen atoms in total. The summed E-state index contributed by atoms with van der Waals surface area (Å²) in [7, 11) is 3.45. The van der Waals surface area contributed by atoms with E-state index in [2.05, 4.69) is 5.32 Å². The number of aliphatic hydroxyl groups is 2. The van der Waals surface area contributed by atoms with Crippen LogP contribution in [0.25, 0.3) is 11.0 Å². The van der Waals surface area contributed by atoms with Gasteiger partial charge >= 0.3 is 5.69 Å². The minimum Gasteiger partial charge on any atom is -0.491 e. The van der Waals surface area contributed by atoms with Gasteiger partial charge in [-0.15, -0.1) is 0 Å². The Morgan fingerprint density at radius 2 is 1.72 bits per heavy atom. The summed E-state index contributed by atoms with van der Waals surface area (Å²) in [5, 5.41) is 23.1. The third kappa shape index (κ3) is 4.70. The molecule has 1 aromatic heterocycles. The maximum atomic E-state index is 12.0. The van der Waals surface area contributed by atoms with E-state index in [0.717, 1.165) is 16.6 Å². The first-order valence-electron chi connectivity index (χ1n) is 9.63. The Bertz CT molecular complexity index is 1030. The lowest BCUT2D eigenvalue weighted by Gasteiger charge is -2.23. The number of aliphatic hydroxyl groups excluding tert-OH is 2. The summed E-state index contributed by atoms with van der Waals surface area (Å²) in [5.74, 6) is 0.669. The quantitative estimate of drug-likeness (QED) is 0.538. The van der Waals surface area contributed by atoms with Crippen LogP contribution >= 0.6 is 0 Å². The van der Waals surface area contributed by atoms with Crippen molar-refractivity contribution >= 4 is 11.0 Å². The normalized spacial score (nSPS) is 13.0. The predicted octanol–water partition coefficient (Wildman–Crippen LogP) is 1.85. The Labute approximate surface area is 170 Å². The van der Waals surface area contributed by atoms with E-state index < -0.39 is 6.10 Å². The Balaban J connectivity index is 1.62. The second kappa shape index (κ2) is 8.41. The topological polar surface area (TPSA) is 88.7 Å². The number of hydrogen-bond acceptors (Lipinski definition) is 5. The van der Waals surface area contributed by atoms with Gasteiger partial charge in [0.1, 0.15) is 18.5 Å². The van der Waals surface area contributed by atoms with E-state index in [0.29, 0.717) is 17.9 Å². The molecule has 0 amide bonds. The van der Waals surface area contributed by atoms with Crippen LogP contribution in [0.15, 0.2) is 47.3 Å². The van der Waals surface area contributed by atoms with Gasteiger partial charge < -0.3 is 20.3 Å². The van der Waals surface area contributed by atoms with Crippen molar-refractivity contribution in [3.05, 3.63) is 64.1 Å². The van der Waals surface area contributed by atoms with Crippen LogP contribution in [0.4, 0.5) is 0 Å². The molecule has 0 spiro atoms. The van der Waals surface area contributed by atoms with Gasteiger partial charge in [-0.25, -0.2) is 4.79 Å².